The predicted molar refractivity (Wildman–Crippen MR) is 141 cm³/mol. The van der Waals surface area contributed by atoms with Crippen molar-refractivity contribution in [3.8, 4) is 0 Å². The van der Waals surface area contributed by atoms with Gasteiger partial charge in [-0.15, -0.1) is 0 Å². The number of aryl methyl sites for hydroxylation is 5. The summed E-state index contributed by atoms with van der Waals surface area (Å²) in [4.78, 5) is 13.3. The average molecular weight is 491 g/mol. The highest BCUT2D eigenvalue weighted by atomic mass is 32.2. The van der Waals surface area contributed by atoms with E-state index in [2.05, 4.69) is 28.2 Å². The molecule has 0 unspecified atom stereocenters. The minimum Gasteiger partial charge on any atom is -0.345 e. The van der Waals surface area contributed by atoms with Gasteiger partial charge in [0.15, 0.2) is 0 Å². The summed E-state index contributed by atoms with van der Waals surface area (Å²) in [5.41, 5.74) is 7.25. The Morgan fingerprint density at radius 3 is 2.26 bits per heavy atom. The van der Waals surface area contributed by atoms with Crippen molar-refractivity contribution in [1.29, 1.82) is 0 Å². The van der Waals surface area contributed by atoms with Gasteiger partial charge >= 0.3 is 0 Å². The summed E-state index contributed by atoms with van der Waals surface area (Å²) < 4.78 is 29.1. The lowest BCUT2D eigenvalue weighted by molar-refractivity contribution is 0.0935. The number of fused-ring (bicyclic) bond motifs is 1. The van der Waals surface area contributed by atoms with Crippen molar-refractivity contribution >= 4 is 21.6 Å². The molecule has 6 heteroatoms. The molecule has 0 saturated carbocycles. The van der Waals surface area contributed by atoms with Crippen molar-refractivity contribution in [2.45, 2.75) is 70.7 Å². The van der Waals surface area contributed by atoms with Crippen LogP contribution < -0.4 is 10.0 Å². The zero-order valence-corrected chi connectivity index (χ0v) is 21.8. The highest BCUT2D eigenvalue weighted by molar-refractivity contribution is 7.92. The second-order valence-corrected chi connectivity index (χ2v) is 11.3. The third-order valence-electron chi connectivity index (χ3n) is 6.70. The number of rotatable bonds is 7. The van der Waals surface area contributed by atoms with Crippen molar-refractivity contribution in [2.24, 2.45) is 0 Å². The maximum absolute atomic E-state index is 13.2. The van der Waals surface area contributed by atoms with Crippen LogP contribution in [0.25, 0.3) is 0 Å². The van der Waals surface area contributed by atoms with Crippen LogP contribution in [0.15, 0.2) is 59.5 Å². The molecule has 0 aromatic heterocycles. The van der Waals surface area contributed by atoms with Crippen molar-refractivity contribution in [3.63, 3.8) is 0 Å². The highest BCUT2D eigenvalue weighted by Crippen LogP contribution is 2.27. The maximum Gasteiger partial charge on any atom is 0.262 e. The van der Waals surface area contributed by atoms with Gasteiger partial charge in [-0.1, -0.05) is 37.3 Å². The third kappa shape index (κ3) is 5.76. The van der Waals surface area contributed by atoms with Gasteiger partial charge in [-0.2, -0.15) is 0 Å². The minimum atomic E-state index is -3.86. The lowest BCUT2D eigenvalue weighted by Crippen LogP contribution is -2.28. The van der Waals surface area contributed by atoms with Gasteiger partial charge in [0.2, 0.25) is 0 Å². The van der Waals surface area contributed by atoms with Gasteiger partial charge in [0.05, 0.1) is 10.9 Å². The van der Waals surface area contributed by atoms with Crippen LogP contribution in [0.1, 0.15) is 76.0 Å². The fourth-order valence-electron chi connectivity index (χ4n) is 4.91. The third-order valence-corrected chi connectivity index (χ3v) is 8.23. The predicted octanol–water partition coefficient (Wildman–Crippen LogP) is 6.17. The molecule has 1 aliphatic rings. The van der Waals surface area contributed by atoms with Gasteiger partial charge in [0.25, 0.3) is 15.9 Å². The number of carbonyl (C=O) groups excluding carboxylic acids is 1. The van der Waals surface area contributed by atoms with E-state index in [9.17, 15) is 13.2 Å². The van der Waals surface area contributed by atoms with E-state index in [1.165, 1.54) is 30.0 Å². The highest BCUT2D eigenvalue weighted by Gasteiger charge is 2.22. The summed E-state index contributed by atoms with van der Waals surface area (Å²) in [6, 6.07) is 16.8. The molecule has 1 aliphatic carbocycles. The number of anilines is 1. The number of nitrogens with one attached hydrogen (secondary N) is 2. The molecular weight excluding hydrogens is 456 g/mol. The Morgan fingerprint density at radius 2 is 1.57 bits per heavy atom. The molecule has 0 aliphatic heterocycles. The molecule has 3 aromatic carbocycles. The lowest BCUT2D eigenvalue weighted by atomic mass is 9.88. The maximum atomic E-state index is 13.2. The number of hydrogen-bond acceptors (Lipinski definition) is 3. The summed E-state index contributed by atoms with van der Waals surface area (Å²) in [7, 11) is -3.86. The van der Waals surface area contributed by atoms with Crippen molar-refractivity contribution < 1.29 is 13.2 Å². The van der Waals surface area contributed by atoms with Crippen molar-refractivity contribution in [3.05, 3.63) is 93.5 Å². The monoisotopic (exact) mass is 490 g/mol. The molecule has 0 heterocycles. The Hall–Kier alpha value is -3.12. The fourth-order valence-corrected chi connectivity index (χ4v) is 6.22. The normalized spacial score (nSPS) is 14.2. The van der Waals surface area contributed by atoms with E-state index in [0.29, 0.717) is 16.8 Å². The van der Waals surface area contributed by atoms with Crippen molar-refractivity contribution in [2.75, 3.05) is 4.72 Å². The topological polar surface area (TPSA) is 75.3 Å². The molecule has 1 amide bonds. The second kappa shape index (κ2) is 10.2. The molecule has 5 nitrogen and oxygen atoms in total. The van der Waals surface area contributed by atoms with Crippen molar-refractivity contribution in [1.82, 2.24) is 5.32 Å². The Labute approximate surface area is 209 Å². The van der Waals surface area contributed by atoms with Crippen LogP contribution in [-0.4, -0.2) is 14.3 Å². The molecule has 0 spiro atoms. The first-order valence-electron chi connectivity index (χ1n) is 12.3. The van der Waals surface area contributed by atoms with Crippen LogP contribution in [0.5, 0.6) is 0 Å². The number of carbonyl (C=O) groups is 1. The van der Waals surface area contributed by atoms with E-state index in [1.54, 1.807) is 31.2 Å². The second-order valence-electron chi connectivity index (χ2n) is 9.63. The molecule has 4 rings (SSSR count). The first-order chi connectivity index (χ1) is 16.7. The fraction of sp³-hybridized carbons (Fsp3) is 0.345. The number of amides is 1. The smallest absolute Gasteiger partial charge is 0.262 e. The summed E-state index contributed by atoms with van der Waals surface area (Å²) in [5.74, 6) is -0.280. The summed E-state index contributed by atoms with van der Waals surface area (Å²) >= 11 is 0. The summed E-state index contributed by atoms with van der Waals surface area (Å²) in [6.45, 7) is 7.63. The van der Waals surface area contributed by atoms with E-state index in [-0.39, 0.29) is 16.8 Å². The van der Waals surface area contributed by atoms with Gasteiger partial charge in [0.1, 0.15) is 0 Å². The van der Waals surface area contributed by atoms with Crippen LogP contribution in [-0.2, 0) is 22.9 Å². The Kier molecular flexibility index (Phi) is 7.31. The Balaban J connectivity index is 1.57. The molecule has 0 radical (unpaired) electrons. The molecule has 1 atom stereocenters. The van der Waals surface area contributed by atoms with Crippen LogP contribution in [0.2, 0.25) is 0 Å². The molecule has 184 valence electrons. The first-order valence-corrected chi connectivity index (χ1v) is 13.8. The largest absolute Gasteiger partial charge is 0.345 e. The molecule has 0 saturated heterocycles. The van der Waals surface area contributed by atoms with Gasteiger partial charge in [-0.3, -0.25) is 9.52 Å². The van der Waals surface area contributed by atoms with Gasteiger partial charge in [-0.25, -0.2) is 8.42 Å². The lowest BCUT2D eigenvalue weighted by Gasteiger charge is -2.22. The SMILES string of the molecule is CC[C@H](NC(=O)c1ccc(C)c(S(=O)(=O)Nc2cc(C)cc(C)c2)c1)c1ccc2c(c1)CCCC2. The Bertz CT molecular complexity index is 1340. The molecule has 0 bridgehead atoms. The van der Waals surface area contributed by atoms with Gasteiger partial charge in [0, 0.05) is 11.3 Å². The number of benzene rings is 3. The van der Waals surface area contributed by atoms with Crippen LogP contribution in [0.4, 0.5) is 5.69 Å². The van der Waals surface area contributed by atoms with E-state index in [0.717, 1.165) is 36.0 Å². The van der Waals surface area contributed by atoms with Crippen LogP contribution in [0.3, 0.4) is 0 Å². The number of hydrogen-bond donors (Lipinski definition) is 2. The summed E-state index contributed by atoms with van der Waals surface area (Å²) in [5, 5.41) is 3.11. The first kappa shape index (κ1) is 25.0. The minimum absolute atomic E-state index is 0.103. The molecular formula is C29H34N2O3S. The van der Waals surface area contributed by atoms with E-state index in [1.807, 2.05) is 26.8 Å². The quantitative estimate of drug-likeness (QED) is 0.416. The standard InChI is InChI=1S/C29H34N2O3S/c1-5-27(24-13-12-22-8-6-7-9-23(22)17-24)30-29(32)25-11-10-21(4)28(18-25)35(33,34)31-26-15-19(2)14-20(3)16-26/h10-18,27,31H,5-9H2,1-4H3,(H,30,32)/t27-/m0/s1. The van der Waals surface area contributed by atoms with E-state index < -0.39 is 10.0 Å². The van der Waals surface area contributed by atoms with Crippen LogP contribution >= 0.6 is 0 Å². The Morgan fingerprint density at radius 1 is 0.886 bits per heavy atom. The molecule has 3 aromatic rings. The zero-order chi connectivity index (χ0) is 25.2. The van der Waals surface area contributed by atoms with Gasteiger partial charge in [-0.05, 0) is 111 Å². The zero-order valence-electron chi connectivity index (χ0n) is 20.9. The number of sulfonamides is 1. The van der Waals surface area contributed by atoms with E-state index >= 15 is 0 Å². The molecule has 2 N–H and O–H groups in total. The molecule has 0 fully saturated rings. The molecule has 35 heavy (non-hydrogen) atoms. The van der Waals surface area contributed by atoms with Gasteiger partial charge < -0.3 is 5.32 Å². The average Bonchev–Trinajstić information content (AvgIpc) is 2.81. The summed E-state index contributed by atoms with van der Waals surface area (Å²) in [6.07, 6.45) is 5.39. The van der Waals surface area contributed by atoms with E-state index in [4.69, 9.17) is 0 Å². The van der Waals surface area contributed by atoms with Crippen LogP contribution in [0, 0.1) is 20.8 Å².